The number of hydrogen-bond donors (Lipinski definition) is 2. The number of nitrogens with zero attached hydrogens (tertiary/aromatic N) is 2. The smallest absolute Gasteiger partial charge is 0.191 e. The molecule has 1 aliphatic rings. The largest absolute Gasteiger partial charge is 0.467 e. The molecule has 7 heteroatoms. The van der Waals surface area contributed by atoms with Gasteiger partial charge in [0.25, 0.3) is 0 Å². The van der Waals surface area contributed by atoms with Crippen LogP contribution in [0.2, 0.25) is 0 Å². The normalized spacial score (nSPS) is 18.4. The average molecular weight is 478 g/mol. The van der Waals surface area contributed by atoms with E-state index in [1.807, 2.05) is 12.1 Å². The topological polar surface area (TPSA) is 62.0 Å². The maximum Gasteiger partial charge on any atom is 0.191 e. The Hall–Kier alpha value is -0.800. The van der Waals surface area contributed by atoms with Crippen LogP contribution in [-0.2, 0) is 11.3 Å². The number of piperidine rings is 1. The molecule has 0 saturated carbocycles. The van der Waals surface area contributed by atoms with E-state index in [0.29, 0.717) is 13.2 Å². The summed E-state index contributed by atoms with van der Waals surface area (Å²) >= 11 is 0. The first-order valence-electron chi connectivity index (χ1n) is 9.62. The molecule has 1 aromatic rings. The molecule has 2 heterocycles. The maximum atomic E-state index is 5.58. The number of aliphatic imine (C=N–C) groups is 1. The molecule has 1 aromatic heterocycles. The van der Waals surface area contributed by atoms with E-state index in [4.69, 9.17) is 9.15 Å². The highest BCUT2D eigenvalue weighted by Crippen LogP contribution is 2.14. The van der Waals surface area contributed by atoms with Crippen LogP contribution in [-0.4, -0.2) is 56.7 Å². The summed E-state index contributed by atoms with van der Waals surface area (Å²) in [6.45, 7) is 11.8. The molecule has 2 N–H and O–H groups in total. The second-order valence-electron chi connectivity index (χ2n) is 6.72. The lowest BCUT2D eigenvalue weighted by Gasteiger charge is -2.30. The van der Waals surface area contributed by atoms with Crippen LogP contribution in [0, 0.1) is 5.92 Å². The summed E-state index contributed by atoms with van der Waals surface area (Å²) < 4.78 is 10.8. The molecule has 0 radical (unpaired) electrons. The van der Waals surface area contributed by atoms with Crippen molar-refractivity contribution in [3.63, 3.8) is 0 Å². The van der Waals surface area contributed by atoms with Crippen LogP contribution in [0.5, 0.6) is 0 Å². The van der Waals surface area contributed by atoms with Gasteiger partial charge in [0, 0.05) is 39.3 Å². The van der Waals surface area contributed by atoms with Crippen LogP contribution < -0.4 is 10.6 Å². The minimum absolute atomic E-state index is 0. The zero-order valence-corrected chi connectivity index (χ0v) is 18.5. The quantitative estimate of drug-likeness (QED) is 0.234. The van der Waals surface area contributed by atoms with Crippen LogP contribution in [0.15, 0.2) is 27.8 Å². The second kappa shape index (κ2) is 14.3. The van der Waals surface area contributed by atoms with Crippen molar-refractivity contribution in [3.8, 4) is 0 Å². The number of rotatable bonds is 10. The third-order valence-corrected chi connectivity index (χ3v) is 4.35. The highest BCUT2D eigenvalue weighted by atomic mass is 127. The molecule has 1 saturated heterocycles. The van der Waals surface area contributed by atoms with Crippen molar-refractivity contribution in [2.24, 2.45) is 10.9 Å². The molecule has 0 aromatic carbocycles. The molecule has 2 rings (SSSR count). The molecule has 1 atom stereocenters. The van der Waals surface area contributed by atoms with Crippen LogP contribution >= 0.6 is 24.0 Å². The third kappa shape index (κ3) is 9.78. The number of nitrogens with one attached hydrogen (secondary N) is 2. The lowest BCUT2D eigenvalue weighted by molar-refractivity contribution is 0.105. The molecular weight excluding hydrogens is 443 g/mol. The Morgan fingerprint density at radius 3 is 3.04 bits per heavy atom. The van der Waals surface area contributed by atoms with Crippen LogP contribution in [0.1, 0.15) is 38.9 Å². The first kappa shape index (κ1) is 23.2. The van der Waals surface area contributed by atoms with E-state index in [9.17, 15) is 0 Å². The predicted molar refractivity (Wildman–Crippen MR) is 117 cm³/mol. The van der Waals surface area contributed by atoms with Gasteiger partial charge >= 0.3 is 0 Å². The highest BCUT2D eigenvalue weighted by molar-refractivity contribution is 14.0. The summed E-state index contributed by atoms with van der Waals surface area (Å²) in [5.41, 5.74) is 0. The summed E-state index contributed by atoms with van der Waals surface area (Å²) in [6.07, 6.45) is 5.27. The zero-order chi connectivity index (χ0) is 17.7. The van der Waals surface area contributed by atoms with E-state index in [1.165, 1.54) is 25.9 Å². The van der Waals surface area contributed by atoms with Crippen molar-refractivity contribution >= 4 is 29.9 Å². The Labute approximate surface area is 175 Å². The van der Waals surface area contributed by atoms with Gasteiger partial charge in [0.1, 0.15) is 12.4 Å². The van der Waals surface area contributed by atoms with Gasteiger partial charge in [-0.25, -0.2) is 0 Å². The third-order valence-electron chi connectivity index (χ3n) is 4.35. The molecule has 1 fully saturated rings. The number of furan rings is 1. The number of guanidine groups is 1. The highest BCUT2D eigenvalue weighted by Gasteiger charge is 2.15. The number of hydrogen-bond acceptors (Lipinski definition) is 4. The molecule has 0 bridgehead atoms. The predicted octanol–water partition coefficient (Wildman–Crippen LogP) is 3.09. The lowest BCUT2D eigenvalue weighted by Crippen LogP contribution is -2.43. The van der Waals surface area contributed by atoms with Crippen LogP contribution in [0.25, 0.3) is 0 Å². The molecule has 1 unspecified atom stereocenters. The van der Waals surface area contributed by atoms with E-state index in [1.54, 1.807) is 6.26 Å². The first-order valence-corrected chi connectivity index (χ1v) is 9.62. The standard InChI is InChI=1S/C19H34N4O2.HI/c1-3-20-19(22-10-12-23-11-4-7-17(2)15-23)21-9-6-13-24-16-18-8-5-14-25-18;/h5,8,14,17H,3-4,6-7,9-13,15-16H2,1-2H3,(H2,20,21,22);1H. The van der Waals surface area contributed by atoms with Gasteiger partial charge in [-0.1, -0.05) is 6.92 Å². The van der Waals surface area contributed by atoms with Crippen LogP contribution in [0.3, 0.4) is 0 Å². The average Bonchev–Trinajstić information content (AvgIpc) is 3.11. The Kier molecular flexibility index (Phi) is 12.8. The van der Waals surface area contributed by atoms with E-state index >= 15 is 0 Å². The molecule has 26 heavy (non-hydrogen) atoms. The molecular formula is C19H35IN4O2. The molecule has 1 aliphatic heterocycles. The summed E-state index contributed by atoms with van der Waals surface area (Å²) in [6, 6.07) is 3.80. The van der Waals surface area contributed by atoms with E-state index in [0.717, 1.165) is 50.2 Å². The van der Waals surface area contributed by atoms with Crippen molar-refractivity contribution in [2.75, 3.05) is 45.9 Å². The van der Waals surface area contributed by atoms with Gasteiger partial charge in [0.2, 0.25) is 0 Å². The summed E-state index contributed by atoms with van der Waals surface area (Å²) in [5.74, 6) is 2.60. The van der Waals surface area contributed by atoms with Gasteiger partial charge in [-0.2, -0.15) is 0 Å². The van der Waals surface area contributed by atoms with Crippen LogP contribution in [0.4, 0.5) is 0 Å². The number of ether oxygens (including phenoxy) is 1. The van der Waals surface area contributed by atoms with Gasteiger partial charge in [0.15, 0.2) is 5.96 Å². The molecule has 150 valence electrons. The molecule has 0 amide bonds. The first-order chi connectivity index (χ1) is 12.3. The summed E-state index contributed by atoms with van der Waals surface area (Å²) in [5, 5.41) is 6.74. The number of likely N-dealkylation sites (tertiary alicyclic amines) is 1. The zero-order valence-electron chi connectivity index (χ0n) is 16.2. The van der Waals surface area contributed by atoms with Gasteiger partial charge in [-0.15, -0.1) is 24.0 Å². The van der Waals surface area contributed by atoms with Crippen molar-refractivity contribution < 1.29 is 9.15 Å². The fraction of sp³-hybridized carbons (Fsp3) is 0.737. The maximum absolute atomic E-state index is 5.58. The Bertz CT molecular complexity index is 482. The van der Waals surface area contributed by atoms with Gasteiger partial charge in [-0.3, -0.25) is 4.99 Å². The fourth-order valence-electron chi connectivity index (χ4n) is 3.09. The SMILES string of the molecule is CCNC(=NCCCOCc1ccco1)NCCN1CCCC(C)C1.I. The van der Waals surface area contributed by atoms with E-state index in [2.05, 4.69) is 34.4 Å². The van der Waals surface area contributed by atoms with Crippen molar-refractivity contribution in [1.82, 2.24) is 15.5 Å². The van der Waals surface area contributed by atoms with Crippen molar-refractivity contribution in [2.45, 2.75) is 39.7 Å². The Morgan fingerprint density at radius 2 is 2.31 bits per heavy atom. The minimum atomic E-state index is 0. The van der Waals surface area contributed by atoms with E-state index < -0.39 is 0 Å². The van der Waals surface area contributed by atoms with Crippen molar-refractivity contribution in [1.29, 1.82) is 0 Å². The molecule has 0 aliphatic carbocycles. The fourth-order valence-corrected chi connectivity index (χ4v) is 3.09. The van der Waals surface area contributed by atoms with Crippen molar-refractivity contribution in [3.05, 3.63) is 24.2 Å². The Morgan fingerprint density at radius 1 is 1.42 bits per heavy atom. The number of halogens is 1. The van der Waals surface area contributed by atoms with Gasteiger partial charge in [-0.05, 0) is 50.8 Å². The Balaban J connectivity index is 0.00000338. The summed E-state index contributed by atoms with van der Waals surface area (Å²) in [4.78, 5) is 7.17. The van der Waals surface area contributed by atoms with E-state index in [-0.39, 0.29) is 24.0 Å². The monoisotopic (exact) mass is 478 g/mol. The second-order valence-corrected chi connectivity index (χ2v) is 6.72. The molecule has 0 spiro atoms. The van der Waals surface area contributed by atoms with Gasteiger partial charge < -0.3 is 24.7 Å². The molecule has 6 nitrogen and oxygen atoms in total. The minimum Gasteiger partial charge on any atom is -0.467 e. The lowest BCUT2D eigenvalue weighted by atomic mass is 10.0. The van der Waals surface area contributed by atoms with Gasteiger partial charge in [0.05, 0.1) is 6.26 Å². The summed E-state index contributed by atoms with van der Waals surface area (Å²) in [7, 11) is 0.